The van der Waals surface area contributed by atoms with Crippen molar-refractivity contribution in [1.82, 2.24) is 5.32 Å². The van der Waals surface area contributed by atoms with Crippen LogP contribution >= 0.6 is 0 Å². The summed E-state index contributed by atoms with van der Waals surface area (Å²) in [6.07, 6.45) is -2.61. The van der Waals surface area contributed by atoms with Gasteiger partial charge in [-0.15, -0.1) is 0 Å². The summed E-state index contributed by atoms with van der Waals surface area (Å²) in [4.78, 5) is 11.7. The Kier molecular flexibility index (Phi) is 6.01. The fraction of sp³-hybridized carbons (Fsp3) is 0.500. The molecule has 3 nitrogen and oxygen atoms in total. The first-order chi connectivity index (χ1) is 9.36. The molecule has 1 unspecified atom stereocenters. The van der Waals surface area contributed by atoms with Crippen molar-refractivity contribution in [1.29, 1.82) is 0 Å². The van der Waals surface area contributed by atoms with Crippen molar-refractivity contribution >= 4 is 5.91 Å². The predicted molar refractivity (Wildman–Crippen MR) is 71.0 cm³/mol. The minimum atomic E-state index is -4.35. The van der Waals surface area contributed by atoms with Gasteiger partial charge in [-0.3, -0.25) is 4.79 Å². The summed E-state index contributed by atoms with van der Waals surface area (Å²) in [7, 11) is 0. The molecule has 1 rings (SSSR count). The van der Waals surface area contributed by atoms with E-state index < -0.39 is 11.7 Å². The molecule has 112 valence electrons. The summed E-state index contributed by atoms with van der Waals surface area (Å²) in [6, 6.07) is 4.52. The predicted octanol–water partition coefficient (Wildman–Crippen LogP) is 2.49. The third-order valence-electron chi connectivity index (χ3n) is 2.93. The molecule has 0 heterocycles. The quantitative estimate of drug-likeness (QED) is 0.845. The van der Waals surface area contributed by atoms with Crippen LogP contribution in [0.15, 0.2) is 24.3 Å². The molecule has 20 heavy (non-hydrogen) atoms. The van der Waals surface area contributed by atoms with E-state index in [4.69, 9.17) is 5.73 Å². The maximum absolute atomic E-state index is 12.4. The second kappa shape index (κ2) is 7.28. The minimum Gasteiger partial charge on any atom is -0.352 e. The summed E-state index contributed by atoms with van der Waals surface area (Å²) >= 11 is 0. The van der Waals surface area contributed by atoms with E-state index in [9.17, 15) is 18.0 Å². The highest BCUT2D eigenvalue weighted by molar-refractivity contribution is 5.78. The number of carbonyl (C=O) groups is 1. The summed E-state index contributed by atoms with van der Waals surface area (Å²) in [5, 5.41) is 2.77. The number of hydrogen-bond acceptors (Lipinski definition) is 2. The largest absolute Gasteiger partial charge is 0.416 e. The van der Waals surface area contributed by atoms with Crippen LogP contribution in [-0.2, 0) is 17.4 Å². The Hall–Kier alpha value is -1.56. The standard InChI is InChI=1S/C14H19F3N2O/c1-2-3-12(9-18)19-13(20)8-10-4-6-11(7-5-10)14(15,16)17/h4-7,12H,2-3,8-9,18H2,1H3,(H,19,20). The average molecular weight is 288 g/mol. The Labute approximate surface area is 116 Å². The molecule has 0 radical (unpaired) electrons. The van der Waals surface area contributed by atoms with E-state index in [1.165, 1.54) is 12.1 Å². The Morgan fingerprint density at radius 1 is 1.30 bits per heavy atom. The fourth-order valence-corrected chi connectivity index (χ4v) is 1.87. The van der Waals surface area contributed by atoms with Gasteiger partial charge in [-0.05, 0) is 24.1 Å². The SMILES string of the molecule is CCCC(CN)NC(=O)Cc1ccc(C(F)(F)F)cc1. The van der Waals surface area contributed by atoms with Crippen LogP contribution in [0, 0.1) is 0 Å². The first-order valence-electron chi connectivity index (χ1n) is 6.52. The lowest BCUT2D eigenvalue weighted by atomic mass is 10.1. The highest BCUT2D eigenvalue weighted by atomic mass is 19.4. The summed E-state index contributed by atoms with van der Waals surface area (Å²) < 4.78 is 37.2. The van der Waals surface area contributed by atoms with Crippen molar-refractivity contribution < 1.29 is 18.0 Å². The molecule has 0 aliphatic carbocycles. The van der Waals surface area contributed by atoms with Crippen molar-refractivity contribution in [2.75, 3.05) is 6.54 Å². The number of nitrogens with two attached hydrogens (primary N) is 1. The first-order valence-corrected chi connectivity index (χ1v) is 6.52. The molecule has 0 fully saturated rings. The molecule has 0 aromatic heterocycles. The van der Waals surface area contributed by atoms with Crippen LogP contribution in [0.25, 0.3) is 0 Å². The average Bonchev–Trinajstić information content (AvgIpc) is 2.37. The lowest BCUT2D eigenvalue weighted by molar-refractivity contribution is -0.137. The number of halogens is 3. The van der Waals surface area contributed by atoms with Crippen LogP contribution in [0.2, 0.25) is 0 Å². The number of rotatable bonds is 6. The van der Waals surface area contributed by atoms with E-state index in [0.717, 1.165) is 25.0 Å². The van der Waals surface area contributed by atoms with Crippen molar-refractivity contribution in [2.24, 2.45) is 5.73 Å². The topological polar surface area (TPSA) is 55.1 Å². The van der Waals surface area contributed by atoms with Gasteiger partial charge in [-0.25, -0.2) is 0 Å². The Bertz CT molecular complexity index is 429. The molecule has 0 saturated carbocycles. The Balaban J connectivity index is 2.58. The molecular formula is C14H19F3N2O. The van der Waals surface area contributed by atoms with Crippen molar-refractivity contribution in [2.45, 2.75) is 38.4 Å². The van der Waals surface area contributed by atoms with Crippen LogP contribution in [0.4, 0.5) is 13.2 Å². The van der Waals surface area contributed by atoms with Crippen molar-refractivity contribution in [3.63, 3.8) is 0 Å². The maximum Gasteiger partial charge on any atom is 0.416 e. The van der Waals surface area contributed by atoms with Crippen LogP contribution in [0.3, 0.4) is 0 Å². The minimum absolute atomic E-state index is 0.0539. The molecule has 0 spiro atoms. The third-order valence-corrected chi connectivity index (χ3v) is 2.93. The highest BCUT2D eigenvalue weighted by Crippen LogP contribution is 2.29. The Morgan fingerprint density at radius 2 is 1.90 bits per heavy atom. The zero-order chi connectivity index (χ0) is 15.2. The van der Waals surface area contributed by atoms with Crippen LogP contribution in [-0.4, -0.2) is 18.5 Å². The fourth-order valence-electron chi connectivity index (χ4n) is 1.87. The second-order valence-corrected chi connectivity index (χ2v) is 4.66. The van der Waals surface area contributed by atoms with Gasteiger partial charge in [0.2, 0.25) is 5.91 Å². The molecule has 6 heteroatoms. The maximum atomic E-state index is 12.4. The van der Waals surface area contributed by atoms with E-state index in [2.05, 4.69) is 5.32 Å². The van der Waals surface area contributed by atoms with E-state index in [-0.39, 0.29) is 18.4 Å². The zero-order valence-electron chi connectivity index (χ0n) is 11.3. The molecule has 1 aromatic carbocycles. The number of amides is 1. The Morgan fingerprint density at radius 3 is 2.35 bits per heavy atom. The van der Waals surface area contributed by atoms with Gasteiger partial charge < -0.3 is 11.1 Å². The van der Waals surface area contributed by atoms with E-state index >= 15 is 0 Å². The second-order valence-electron chi connectivity index (χ2n) is 4.66. The van der Waals surface area contributed by atoms with Gasteiger partial charge in [0.15, 0.2) is 0 Å². The number of hydrogen-bond donors (Lipinski definition) is 2. The van der Waals surface area contributed by atoms with Gasteiger partial charge in [0.25, 0.3) is 0 Å². The van der Waals surface area contributed by atoms with Crippen LogP contribution in [0.5, 0.6) is 0 Å². The normalized spacial score (nSPS) is 13.1. The van der Waals surface area contributed by atoms with Gasteiger partial charge in [-0.2, -0.15) is 13.2 Å². The highest BCUT2D eigenvalue weighted by Gasteiger charge is 2.29. The first kappa shape index (κ1) is 16.5. The van der Waals surface area contributed by atoms with Crippen molar-refractivity contribution in [3.05, 3.63) is 35.4 Å². The van der Waals surface area contributed by atoms with E-state index in [1.807, 2.05) is 6.92 Å². The van der Waals surface area contributed by atoms with Gasteiger partial charge >= 0.3 is 6.18 Å². The van der Waals surface area contributed by atoms with Crippen LogP contribution < -0.4 is 11.1 Å². The molecule has 1 aromatic rings. The lowest BCUT2D eigenvalue weighted by Gasteiger charge is -2.16. The molecule has 3 N–H and O–H groups in total. The van der Waals surface area contributed by atoms with Gasteiger partial charge in [-0.1, -0.05) is 25.5 Å². The molecule has 0 aliphatic heterocycles. The number of nitrogens with one attached hydrogen (secondary N) is 1. The van der Waals surface area contributed by atoms with Gasteiger partial charge in [0.05, 0.1) is 12.0 Å². The van der Waals surface area contributed by atoms with Gasteiger partial charge in [0, 0.05) is 12.6 Å². The molecule has 1 amide bonds. The lowest BCUT2D eigenvalue weighted by Crippen LogP contribution is -2.40. The third kappa shape index (κ3) is 5.21. The summed E-state index contributed by atoms with van der Waals surface area (Å²) in [5.74, 6) is -0.228. The van der Waals surface area contributed by atoms with E-state index in [0.29, 0.717) is 12.1 Å². The van der Waals surface area contributed by atoms with Gasteiger partial charge in [0.1, 0.15) is 0 Å². The zero-order valence-corrected chi connectivity index (χ0v) is 11.3. The molecule has 0 aliphatic rings. The number of alkyl halides is 3. The summed E-state index contributed by atoms with van der Waals surface area (Å²) in [5.41, 5.74) is 5.36. The number of benzene rings is 1. The molecule has 1 atom stereocenters. The summed E-state index contributed by atoms with van der Waals surface area (Å²) in [6.45, 7) is 2.34. The van der Waals surface area contributed by atoms with Crippen molar-refractivity contribution in [3.8, 4) is 0 Å². The monoisotopic (exact) mass is 288 g/mol. The smallest absolute Gasteiger partial charge is 0.352 e. The van der Waals surface area contributed by atoms with E-state index in [1.54, 1.807) is 0 Å². The number of carbonyl (C=O) groups excluding carboxylic acids is 1. The molecule has 0 bridgehead atoms. The molecular weight excluding hydrogens is 269 g/mol. The molecule has 0 saturated heterocycles. The van der Waals surface area contributed by atoms with Crippen LogP contribution in [0.1, 0.15) is 30.9 Å².